The molecule has 3 aromatic rings. The highest BCUT2D eigenvalue weighted by molar-refractivity contribution is 7.71. The van der Waals surface area contributed by atoms with Crippen molar-refractivity contribution >= 4 is 12.2 Å². The lowest BCUT2D eigenvalue weighted by molar-refractivity contribution is 0.154. The number of ether oxygens (including phenoxy) is 2. The van der Waals surface area contributed by atoms with Crippen LogP contribution < -0.4 is 9.47 Å². The molecule has 0 unspecified atom stereocenters. The minimum Gasteiger partial charge on any atom is -0.493 e. The highest BCUT2D eigenvalue weighted by Gasteiger charge is 2.32. The van der Waals surface area contributed by atoms with Gasteiger partial charge < -0.3 is 14.0 Å². The fraction of sp³-hybridized carbons (Fsp3) is 0.417. The molecule has 1 aromatic heterocycles. The maximum atomic E-state index is 5.80. The lowest BCUT2D eigenvalue weighted by Crippen LogP contribution is -2.37. The summed E-state index contributed by atoms with van der Waals surface area (Å²) in [7, 11) is 3.38. The van der Waals surface area contributed by atoms with Gasteiger partial charge in [0.2, 0.25) is 0 Å². The molecule has 2 aromatic carbocycles. The summed E-state index contributed by atoms with van der Waals surface area (Å²) >= 11 is 5.80. The second-order valence-corrected chi connectivity index (χ2v) is 8.72. The Hall–Kier alpha value is -2.64. The maximum absolute atomic E-state index is 5.80. The largest absolute Gasteiger partial charge is 0.493 e. The number of aryl methyl sites for hydroxylation is 1. The molecule has 0 radical (unpaired) electrons. The molecular formula is C24H28N4O2S. The summed E-state index contributed by atoms with van der Waals surface area (Å²) in [6.07, 6.45) is 3.34. The van der Waals surface area contributed by atoms with Gasteiger partial charge in [0.1, 0.15) is 5.82 Å². The van der Waals surface area contributed by atoms with Crippen molar-refractivity contribution in [2.24, 2.45) is 0 Å². The van der Waals surface area contributed by atoms with Crippen LogP contribution in [-0.4, -0.2) is 40.0 Å². The van der Waals surface area contributed by atoms with Crippen molar-refractivity contribution in [2.45, 2.75) is 44.9 Å². The van der Waals surface area contributed by atoms with Crippen LogP contribution >= 0.6 is 12.2 Å². The van der Waals surface area contributed by atoms with Crippen molar-refractivity contribution < 1.29 is 9.47 Å². The van der Waals surface area contributed by atoms with Gasteiger partial charge in [-0.05, 0) is 67.2 Å². The molecular weight excluding hydrogens is 408 g/mol. The predicted octanol–water partition coefficient (Wildman–Crippen LogP) is 4.68. The van der Waals surface area contributed by atoms with E-state index in [1.165, 1.54) is 29.5 Å². The molecule has 0 amide bonds. The van der Waals surface area contributed by atoms with E-state index < -0.39 is 0 Å². The van der Waals surface area contributed by atoms with E-state index in [9.17, 15) is 0 Å². The molecule has 5 rings (SSSR count). The number of hydrogen-bond donors (Lipinski definition) is 0. The summed E-state index contributed by atoms with van der Waals surface area (Å²) in [5, 5.41) is 4.80. The van der Waals surface area contributed by atoms with Crippen molar-refractivity contribution in [2.75, 3.05) is 20.8 Å². The van der Waals surface area contributed by atoms with Gasteiger partial charge in [0, 0.05) is 12.6 Å². The standard InChI is InChI=1S/C24H28N4O2S/c1-16-25-27(24(31)28(16)19-9-10-19)15-26-12-11-18-13-21(29-2)22(30-3)14-20(18)23(26)17-7-5-4-6-8-17/h4-8,13-14,19,23H,9-12,15H2,1-3H3/t23-/m1/s1. The maximum Gasteiger partial charge on any atom is 0.199 e. The molecule has 0 spiro atoms. The minimum absolute atomic E-state index is 0.0954. The number of rotatable bonds is 6. The van der Waals surface area contributed by atoms with Gasteiger partial charge in [0.25, 0.3) is 0 Å². The van der Waals surface area contributed by atoms with Crippen LogP contribution in [0.1, 0.15) is 47.4 Å². The van der Waals surface area contributed by atoms with Crippen molar-refractivity contribution in [3.8, 4) is 11.5 Å². The van der Waals surface area contributed by atoms with Crippen molar-refractivity contribution in [1.82, 2.24) is 19.2 Å². The Morgan fingerprint density at radius 2 is 1.77 bits per heavy atom. The molecule has 0 bridgehead atoms. The van der Waals surface area contributed by atoms with Crippen molar-refractivity contribution in [1.29, 1.82) is 0 Å². The number of aromatic nitrogens is 3. The number of nitrogens with zero attached hydrogens (tertiary/aromatic N) is 4. The highest BCUT2D eigenvalue weighted by atomic mass is 32.1. The second kappa shape index (κ2) is 8.13. The van der Waals surface area contributed by atoms with Gasteiger partial charge in [-0.3, -0.25) is 4.90 Å². The third kappa shape index (κ3) is 3.66. The Morgan fingerprint density at radius 1 is 1.06 bits per heavy atom. The van der Waals surface area contributed by atoms with Crippen LogP contribution in [0.15, 0.2) is 42.5 Å². The average Bonchev–Trinajstić information content (AvgIpc) is 3.58. The lowest BCUT2D eigenvalue weighted by Gasteiger charge is -2.37. The first-order valence-corrected chi connectivity index (χ1v) is 11.2. The van der Waals surface area contributed by atoms with Gasteiger partial charge in [0.15, 0.2) is 16.3 Å². The van der Waals surface area contributed by atoms with E-state index in [0.29, 0.717) is 12.7 Å². The first-order valence-electron chi connectivity index (χ1n) is 10.8. The fourth-order valence-corrected chi connectivity index (χ4v) is 5.10. The zero-order valence-corrected chi connectivity index (χ0v) is 19.1. The molecule has 1 atom stereocenters. The summed E-state index contributed by atoms with van der Waals surface area (Å²) < 4.78 is 16.2. The van der Waals surface area contributed by atoms with E-state index in [2.05, 4.69) is 58.9 Å². The topological polar surface area (TPSA) is 44.5 Å². The number of fused-ring (bicyclic) bond motifs is 1. The Labute approximate surface area is 188 Å². The summed E-state index contributed by atoms with van der Waals surface area (Å²) in [5.41, 5.74) is 3.80. The van der Waals surface area contributed by atoms with Crippen molar-refractivity contribution in [3.05, 3.63) is 69.8 Å². The van der Waals surface area contributed by atoms with E-state index in [0.717, 1.165) is 35.1 Å². The fourth-order valence-electron chi connectivity index (χ4n) is 4.72. The Morgan fingerprint density at radius 3 is 2.45 bits per heavy atom. The van der Waals surface area contributed by atoms with E-state index in [1.54, 1.807) is 14.2 Å². The van der Waals surface area contributed by atoms with E-state index in [4.69, 9.17) is 26.8 Å². The molecule has 0 saturated heterocycles. The van der Waals surface area contributed by atoms with Gasteiger partial charge in [-0.2, -0.15) is 5.10 Å². The summed E-state index contributed by atoms with van der Waals surface area (Å²) in [6.45, 7) is 3.63. The number of methoxy groups -OCH3 is 2. The van der Waals surface area contributed by atoms with Gasteiger partial charge in [-0.1, -0.05) is 30.3 Å². The third-order valence-electron chi connectivity index (χ3n) is 6.36. The molecule has 7 heteroatoms. The SMILES string of the molecule is COc1cc2c(cc1OC)[C@@H](c1ccccc1)N(Cn1nc(C)n(C3CC3)c1=S)CC2. The normalized spacial score (nSPS) is 18.6. The third-order valence-corrected chi connectivity index (χ3v) is 6.76. The molecule has 0 N–H and O–H groups in total. The summed E-state index contributed by atoms with van der Waals surface area (Å²) in [6, 6.07) is 15.5. The average molecular weight is 437 g/mol. The minimum atomic E-state index is 0.0954. The van der Waals surface area contributed by atoms with Gasteiger partial charge in [-0.25, -0.2) is 4.68 Å². The summed E-state index contributed by atoms with van der Waals surface area (Å²) in [4.78, 5) is 2.46. The van der Waals surface area contributed by atoms with E-state index in [-0.39, 0.29) is 6.04 Å². The lowest BCUT2D eigenvalue weighted by atomic mass is 9.88. The van der Waals surface area contributed by atoms with Crippen LogP contribution in [0.2, 0.25) is 0 Å². The predicted molar refractivity (Wildman–Crippen MR) is 122 cm³/mol. The smallest absolute Gasteiger partial charge is 0.199 e. The summed E-state index contributed by atoms with van der Waals surface area (Å²) in [5.74, 6) is 2.55. The molecule has 1 fully saturated rings. The van der Waals surface area contributed by atoms with Crippen LogP contribution in [0.4, 0.5) is 0 Å². The molecule has 31 heavy (non-hydrogen) atoms. The number of benzene rings is 2. The highest BCUT2D eigenvalue weighted by Crippen LogP contribution is 2.41. The van der Waals surface area contributed by atoms with E-state index in [1.807, 2.05) is 4.68 Å². The second-order valence-electron chi connectivity index (χ2n) is 8.35. The van der Waals surface area contributed by atoms with Crippen LogP contribution in [-0.2, 0) is 13.1 Å². The van der Waals surface area contributed by atoms with Crippen LogP contribution in [0.5, 0.6) is 11.5 Å². The van der Waals surface area contributed by atoms with Crippen molar-refractivity contribution in [3.63, 3.8) is 0 Å². The molecule has 1 aliphatic carbocycles. The van der Waals surface area contributed by atoms with Gasteiger partial charge in [-0.15, -0.1) is 0 Å². The van der Waals surface area contributed by atoms with E-state index >= 15 is 0 Å². The van der Waals surface area contributed by atoms with Gasteiger partial charge >= 0.3 is 0 Å². The molecule has 2 aliphatic rings. The molecule has 1 saturated carbocycles. The Balaban J connectivity index is 1.57. The Bertz CT molecular complexity index is 1150. The first-order chi connectivity index (χ1) is 15.1. The monoisotopic (exact) mass is 436 g/mol. The molecule has 1 aliphatic heterocycles. The first kappa shape index (κ1) is 20.3. The molecule has 162 valence electrons. The quantitative estimate of drug-likeness (QED) is 0.525. The molecule has 2 heterocycles. The zero-order chi connectivity index (χ0) is 21.5. The van der Waals surface area contributed by atoms with Crippen LogP contribution in [0.3, 0.4) is 0 Å². The molecule has 6 nitrogen and oxygen atoms in total. The zero-order valence-electron chi connectivity index (χ0n) is 18.2. The number of hydrogen-bond acceptors (Lipinski definition) is 5. The Kier molecular flexibility index (Phi) is 5.32. The van der Waals surface area contributed by atoms with Crippen LogP contribution in [0, 0.1) is 11.7 Å². The van der Waals surface area contributed by atoms with Crippen LogP contribution in [0.25, 0.3) is 0 Å². The van der Waals surface area contributed by atoms with Gasteiger partial charge in [0.05, 0.1) is 26.9 Å².